The predicted molar refractivity (Wildman–Crippen MR) is 73.8 cm³/mol. The normalized spacial score (nSPS) is 11.7. The minimum atomic E-state index is -0.283. The third-order valence-electron chi connectivity index (χ3n) is 3.37. The Labute approximate surface area is 108 Å². The van der Waals surface area contributed by atoms with Gasteiger partial charge in [-0.1, -0.05) is 18.2 Å². The van der Waals surface area contributed by atoms with Crippen LogP contribution >= 0.6 is 0 Å². The second kappa shape index (κ2) is 4.83. The second-order valence-corrected chi connectivity index (χ2v) is 5.31. The number of aryl methyl sites for hydroxylation is 1. The monoisotopic (exact) mass is 241 g/mol. The number of para-hydroxylation sites is 1. The summed E-state index contributed by atoms with van der Waals surface area (Å²) in [4.78, 5) is 0. The summed E-state index contributed by atoms with van der Waals surface area (Å²) in [5.41, 5.74) is 7.86. The zero-order valence-electron chi connectivity index (χ0n) is 11.0. The minimum Gasteiger partial charge on any atom is -0.347 e. The molecule has 0 unspecified atom stereocenters. The van der Waals surface area contributed by atoms with Crippen molar-refractivity contribution >= 4 is 10.9 Å². The van der Waals surface area contributed by atoms with Crippen LogP contribution in [-0.4, -0.2) is 4.57 Å². The molecule has 0 bridgehead atoms. The summed E-state index contributed by atoms with van der Waals surface area (Å²) >= 11 is 0. The average Bonchev–Trinajstić information content (AvgIpc) is 2.79. The lowest BCUT2D eigenvalue weighted by atomic mass is 9.91. The molecule has 3 heteroatoms. The quantitative estimate of drug-likeness (QED) is 0.894. The van der Waals surface area contributed by atoms with Crippen molar-refractivity contribution in [3.8, 4) is 6.07 Å². The molecular weight excluding hydrogens is 222 g/mol. The summed E-state index contributed by atoms with van der Waals surface area (Å²) in [6.07, 6.45) is 2.92. The summed E-state index contributed by atoms with van der Waals surface area (Å²) < 4.78 is 2.20. The summed E-state index contributed by atoms with van der Waals surface area (Å²) in [5.74, 6) is 0. The second-order valence-electron chi connectivity index (χ2n) is 5.31. The average molecular weight is 241 g/mol. The molecule has 94 valence electrons. The van der Waals surface area contributed by atoms with E-state index in [-0.39, 0.29) is 5.41 Å². The molecule has 1 aromatic heterocycles. The van der Waals surface area contributed by atoms with Crippen molar-refractivity contribution < 1.29 is 0 Å². The van der Waals surface area contributed by atoms with Crippen molar-refractivity contribution in [2.45, 2.75) is 33.4 Å². The van der Waals surface area contributed by atoms with Crippen LogP contribution in [0.5, 0.6) is 0 Å². The molecule has 0 saturated heterocycles. The zero-order valence-corrected chi connectivity index (χ0v) is 11.0. The Kier molecular flexibility index (Phi) is 3.40. The summed E-state index contributed by atoms with van der Waals surface area (Å²) in [6, 6.07) is 10.6. The van der Waals surface area contributed by atoms with Gasteiger partial charge in [0.25, 0.3) is 0 Å². The number of rotatable bonds is 4. The fourth-order valence-corrected chi connectivity index (χ4v) is 2.15. The van der Waals surface area contributed by atoms with Crippen molar-refractivity contribution in [3.05, 3.63) is 36.0 Å². The molecule has 0 amide bonds. The molecule has 0 fully saturated rings. The molecule has 1 aromatic carbocycles. The lowest BCUT2D eigenvalue weighted by molar-refractivity contribution is 0.417. The van der Waals surface area contributed by atoms with Crippen LogP contribution in [0.15, 0.2) is 30.5 Å². The van der Waals surface area contributed by atoms with Gasteiger partial charge in [0.1, 0.15) is 0 Å². The lowest BCUT2D eigenvalue weighted by Gasteiger charge is -2.16. The van der Waals surface area contributed by atoms with E-state index in [4.69, 9.17) is 11.0 Å². The Hall–Kier alpha value is -1.79. The number of nitrogens with zero attached hydrogens (tertiary/aromatic N) is 2. The Bertz CT molecular complexity index is 587. The third-order valence-corrected chi connectivity index (χ3v) is 3.37. The molecule has 2 rings (SSSR count). The molecule has 0 aliphatic heterocycles. The molecule has 18 heavy (non-hydrogen) atoms. The highest BCUT2D eigenvalue weighted by atomic mass is 15.0. The maximum Gasteiger partial charge on any atom is 0.0684 e. The fraction of sp³-hybridized carbons (Fsp3) is 0.400. The molecule has 2 N–H and O–H groups in total. The smallest absolute Gasteiger partial charge is 0.0684 e. The van der Waals surface area contributed by atoms with Crippen molar-refractivity contribution in [1.29, 1.82) is 5.26 Å². The highest BCUT2D eigenvalue weighted by Gasteiger charge is 2.17. The van der Waals surface area contributed by atoms with Crippen molar-refractivity contribution in [2.75, 3.05) is 0 Å². The molecule has 0 radical (unpaired) electrons. The number of hydrogen-bond donors (Lipinski definition) is 1. The summed E-state index contributed by atoms with van der Waals surface area (Å²) in [7, 11) is 0. The highest BCUT2D eigenvalue weighted by molar-refractivity contribution is 5.83. The maximum atomic E-state index is 9.06. The Morgan fingerprint density at radius 3 is 2.78 bits per heavy atom. The van der Waals surface area contributed by atoms with Crippen LogP contribution in [0.25, 0.3) is 10.9 Å². The Morgan fingerprint density at radius 1 is 1.33 bits per heavy atom. The van der Waals surface area contributed by atoms with Crippen LogP contribution in [-0.2, 0) is 13.1 Å². The van der Waals surface area contributed by atoms with E-state index < -0.39 is 0 Å². The van der Waals surface area contributed by atoms with Crippen molar-refractivity contribution in [2.24, 2.45) is 11.1 Å². The third kappa shape index (κ3) is 2.39. The molecule has 3 nitrogen and oxygen atoms in total. The van der Waals surface area contributed by atoms with Crippen LogP contribution < -0.4 is 5.73 Å². The van der Waals surface area contributed by atoms with Gasteiger partial charge in [-0.25, -0.2) is 0 Å². The SMILES string of the molecule is CC(C)(C#N)CCn1ccc2cccc(CN)c21. The van der Waals surface area contributed by atoms with E-state index in [9.17, 15) is 0 Å². The molecule has 0 aliphatic carbocycles. The van der Waals surface area contributed by atoms with Gasteiger partial charge in [0.2, 0.25) is 0 Å². The number of benzene rings is 1. The first kappa shape index (κ1) is 12.7. The molecule has 0 atom stereocenters. The van der Waals surface area contributed by atoms with Crippen LogP contribution in [0.2, 0.25) is 0 Å². The number of fused-ring (bicyclic) bond motifs is 1. The van der Waals surface area contributed by atoms with Gasteiger partial charge in [-0.2, -0.15) is 5.26 Å². The topological polar surface area (TPSA) is 54.7 Å². The van der Waals surface area contributed by atoms with Gasteiger partial charge in [-0.15, -0.1) is 0 Å². The summed E-state index contributed by atoms with van der Waals surface area (Å²) in [6.45, 7) is 5.34. The van der Waals surface area contributed by atoms with Gasteiger partial charge < -0.3 is 10.3 Å². The predicted octanol–water partition coefficient (Wildman–Crippen LogP) is 3.04. The van der Waals surface area contributed by atoms with Gasteiger partial charge in [0, 0.05) is 19.3 Å². The fourth-order valence-electron chi connectivity index (χ4n) is 2.15. The van der Waals surface area contributed by atoms with Crippen LogP contribution in [0.3, 0.4) is 0 Å². The summed E-state index contributed by atoms with van der Waals surface area (Å²) in [5, 5.41) is 10.3. The van der Waals surface area contributed by atoms with Crippen molar-refractivity contribution in [3.63, 3.8) is 0 Å². The minimum absolute atomic E-state index is 0.283. The molecule has 2 aromatic rings. The van der Waals surface area contributed by atoms with E-state index in [1.165, 1.54) is 10.9 Å². The molecule has 0 aliphatic rings. The molecular formula is C15H19N3. The zero-order chi connectivity index (χ0) is 13.2. The first-order valence-electron chi connectivity index (χ1n) is 6.25. The highest BCUT2D eigenvalue weighted by Crippen LogP contribution is 2.24. The van der Waals surface area contributed by atoms with E-state index >= 15 is 0 Å². The largest absolute Gasteiger partial charge is 0.347 e. The standard InChI is InChI=1S/C15H19N3/c1-15(2,11-17)7-9-18-8-6-12-4-3-5-13(10-16)14(12)18/h3-6,8H,7,9-10,16H2,1-2H3. The Morgan fingerprint density at radius 2 is 2.11 bits per heavy atom. The van der Waals surface area contributed by atoms with Crippen LogP contribution in [0.1, 0.15) is 25.8 Å². The van der Waals surface area contributed by atoms with Gasteiger partial charge in [0.15, 0.2) is 0 Å². The van der Waals surface area contributed by atoms with E-state index in [2.05, 4.69) is 35.0 Å². The van der Waals surface area contributed by atoms with E-state index in [1.807, 2.05) is 19.9 Å². The van der Waals surface area contributed by atoms with Crippen LogP contribution in [0, 0.1) is 16.7 Å². The van der Waals surface area contributed by atoms with E-state index in [0.717, 1.165) is 18.5 Å². The lowest BCUT2D eigenvalue weighted by Crippen LogP contribution is -2.12. The van der Waals surface area contributed by atoms with Gasteiger partial charge in [-0.3, -0.25) is 0 Å². The molecule has 0 spiro atoms. The molecule has 1 heterocycles. The molecule has 0 saturated carbocycles. The van der Waals surface area contributed by atoms with E-state index in [0.29, 0.717) is 6.54 Å². The van der Waals surface area contributed by atoms with Crippen LogP contribution in [0.4, 0.5) is 0 Å². The van der Waals surface area contributed by atoms with Gasteiger partial charge in [-0.05, 0) is 37.3 Å². The first-order chi connectivity index (χ1) is 8.57. The number of aromatic nitrogens is 1. The maximum absolute atomic E-state index is 9.06. The number of hydrogen-bond acceptors (Lipinski definition) is 2. The van der Waals surface area contributed by atoms with Gasteiger partial charge >= 0.3 is 0 Å². The van der Waals surface area contributed by atoms with Crippen molar-refractivity contribution in [1.82, 2.24) is 4.57 Å². The number of nitriles is 1. The number of nitrogens with two attached hydrogens (primary N) is 1. The first-order valence-corrected chi connectivity index (χ1v) is 6.25. The van der Waals surface area contributed by atoms with E-state index in [1.54, 1.807) is 0 Å². The Balaban J connectivity index is 2.32. The van der Waals surface area contributed by atoms with Gasteiger partial charge in [0.05, 0.1) is 17.0 Å².